The van der Waals surface area contributed by atoms with Crippen molar-refractivity contribution in [3.8, 4) is 0 Å². The van der Waals surface area contributed by atoms with Crippen LogP contribution in [0.2, 0.25) is 0 Å². The highest BCUT2D eigenvalue weighted by Gasteiger charge is 2.12. The number of anilines is 1. The van der Waals surface area contributed by atoms with Gasteiger partial charge in [-0.15, -0.1) is 16.4 Å². The third kappa shape index (κ3) is 2.44. The molecule has 3 aromatic heterocycles. The van der Waals surface area contributed by atoms with Crippen molar-refractivity contribution in [3.63, 3.8) is 0 Å². The quantitative estimate of drug-likeness (QED) is 0.794. The van der Waals surface area contributed by atoms with Crippen molar-refractivity contribution in [3.05, 3.63) is 40.5 Å². The number of nitrogens with one attached hydrogen (secondary N) is 1. The van der Waals surface area contributed by atoms with Crippen LogP contribution in [0.1, 0.15) is 29.8 Å². The van der Waals surface area contributed by atoms with Crippen LogP contribution < -0.4 is 5.32 Å². The number of hydrogen-bond donors (Lipinski definition) is 1. The maximum atomic E-state index is 4.43. The Morgan fingerprint density at radius 1 is 1.42 bits per heavy atom. The van der Waals surface area contributed by atoms with Crippen molar-refractivity contribution in [2.24, 2.45) is 0 Å². The Labute approximate surface area is 115 Å². The van der Waals surface area contributed by atoms with Gasteiger partial charge >= 0.3 is 0 Å². The molecule has 3 aromatic rings. The summed E-state index contributed by atoms with van der Waals surface area (Å²) in [5.74, 6) is 0.631. The summed E-state index contributed by atoms with van der Waals surface area (Å²) in [7, 11) is 0. The Morgan fingerprint density at radius 2 is 2.32 bits per heavy atom. The van der Waals surface area contributed by atoms with Gasteiger partial charge in [0.15, 0.2) is 5.65 Å². The van der Waals surface area contributed by atoms with E-state index in [1.807, 2.05) is 30.6 Å². The largest absolute Gasteiger partial charge is 0.344 e. The van der Waals surface area contributed by atoms with Gasteiger partial charge < -0.3 is 5.32 Å². The summed E-state index contributed by atoms with van der Waals surface area (Å²) in [6, 6.07) is 5.93. The number of fused-ring (bicyclic) bond motifs is 1. The molecule has 6 heteroatoms. The first-order valence-electron chi connectivity index (χ1n) is 6.29. The molecule has 98 valence electrons. The number of rotatable bonds is 4. The molecule has 0 amide bonds. The molecule has 0 aliphatic carbocycles. The normalized spacial score (nSPS) is 12.7. The molecule has 3 rings (SSSR count). The van der Waals surface area contributed by atoms with Crippen LogP contribution in [-0.4, -0.2) is 19.6 Å². The van der Waals surface area contributed by atoms with E-state index in [0.29, 0.717) is 5.95 Å². The van der Waals surface area contributed by atoms with Gasteiger partial charge in [-0.3, -0.25) is 0 Å². The fourth-order valence-corrected chi connectivity index (χ4v) is 2.69. The van der Waals surface area contributed by atoms with E-state index in [4.69, 9.17) is 0 Å². The molecule has 1 N–H and O–H groups in total. The van der Waals surface area contributed by atoms with Crippen molar-refractivity contribution in [2.75, 3.05) is 5.32 Å². The van der Waals surface area contributed by atoms with Crippen molar-refractivity contribution in [2.45, 2.75) is 26.3 Å². The van der Waals surface area contributed by atoms with Crippen LogP contribution in [0.5, 0.6) is 0 Å². The minimum atomic E-state index is 0.114. The van der Waals surface area contributed by atoms with Crippen LogP contribution in [-0.2, 0) is 6.42 Å². The molecule has 1 atom stereocenters. The van der Waals surface area contributed by atoms with Crippen LogP contribution in [0.3, 0.4) is 0 Å². The summed E-state index contributed by atoms with van der Waals surface area (Å²) in [6.07, 6.45) is 4.85. The van der Waals surface area contributed by atoms with Crippen molar-refractivity contribution < 1.29 is 0 Å². The lowest BCUT2D eigenvalue weighted by molar-refractivity contribution is 0.842. The first-order chi connectivity index (χ1) is 9.26. The number of hydrogen-bond acceptors (Lipinski definition) is 5. The molecule has 0 saturated heterocycles. The number of thiazole rings is 1. The lowest BCUT2D eigenvalue weighted by Gasteiger charge is -2.08. The van der Waals surface area contributed by atoms with Gasteiger partial charge in [-0.05, 0) is 25.5 Å². The molecule has 0 bridgehead atoms. The van der Waals surface area contributed by atoms with Crippen LogP contribution in [0.15, 0.2) is 30.6 Å². The van der Waals surface area contributed by atoms with Gasteiger partial charge in [0, 0.05) is 17.3 Å². The van der Waals surface area contributed by atoms with E-state index in [1.165, 1.54) is 4.88 Å². The van der Waals surface area contributed by atoms with Crippen LogP contribution in [0.4, 0.5) is 5.95 Å². The maximum Gasteiger partial charge on any atom is 0.243 e. The van der Waals surface area contributed by atoms with Gasteiger partial charge in [0.1, 0.15) is 5.01 Å². The molecular formula is C13H15N5S. The second kappa shape index (κ2) is 4.97. The molecule has 0 aliphatic heterocycles. The van der Waals surface area contributed by atoms with Gasteiger partial charge in [0.25, 0.3) is 0 Å². The lowest BCUT2D eigenvalue weighted by atomic mass is 10.3. The van der Waals surface area contributed by atoms with Gasteiger partial charge in [-0.2, -0.15) is 4.98 Å². The van der Waals surface area contributed by atoms with E-state index in [2.05, 4.69) is 34.2 Å². The van der Waals surface area contributed by atoms with Crippen molar-refractivity contribution >= 4 is 22.9 Å². The molecule has 1 unspecified atom stereocenters. The van der Waals surface area contributed by atoms with Gasteiger partial charge in [0.2, 0.25) is 5.95 Å². The Balaban J connectivity index is 1.80. The molecule has 0 aliphatic rings. The second-order valence-electron chi connectivity index (χ2n) is 4.32. The average Bonchev–Trinajstić information content (AvgIpc) is 3.04. The topological polar surface area (TPSA) is 55.1 Å². The molecule has 0 radical (unpaired) electrons. The summed E-state index contributed by atoms with van der Waals surface area (Å²) < 4.78 is 1.76. The first kappa shape index (κ1) is 12.1. The van der Waals surface area contributed by atoms with Gasteiger partial charge in [-0.1, -0.05) is 13.0 Å². The molecule has 3 heterocycles. The fourth-order valence-electron chi connectivity index (χ4n) is 1.83. The summed E-state index contributed by atoms with van der Waals surface area (Å²) >= 11 is 1.73. The third-order valence-electron chi connectivity index (χ3n) is 2.88. The van der Waals surface area contributed by atoms with Crippen LogP contribution in [0, 0.1) is 0 Å². The summed E-state index contributed by atoms with van der Waals surface area (Å²) in [4.78, 5) is 10.2. The zero-order chi connectivity index (χ0) is 13.2. The monoisotopic (exact) mass is 273 g/mol. The molecule has 0 aromatic carbocycles. The second-order valence-corrected chi connectivity index (χ2v) is 5.47. The van der Waals surface area contributed by atoms with Gasteiger partial charge in [-0.25, -0.2) is 9.50 Å². The standard InChI is InChI=1S/C13H15N5S/c1-3-10-8-14-12(19-10)9(2)15-13-16-11-6-4-5-7-18(11)17-13/h4-9H,3H2,1-2H3,(H,15,17). The number of pyridine rings is 1. The molecule has 0 fully saturated rings. The summed E-state index contributed by atoms with van der Waals surface area (Å²) in [5.41, 5.74) is 0.839. The van der Waals surface area contributed by atoms with E-state index < -0.39 is 0 Å². The Kier molecular flexibility index (Phi) is 3.16. The lowest BCUT2D eigenvalue weighted by Crippen LogP contribution is -2.07. The molecule has 0 saturated carbocycles. The minimum Gasteiger partial charge on any atom is -0.344 e. The zero-order valence-corrected chi connectivity index (χ0v) is 11.7. The molecule has 0 spiro atoms. The highest BCUT2D eigenvalue weighted by molar-refractivity contribution is 7.11. The highest BCUT2D eigenvalue weighted by Crippen LogP contribution is 2.22. The van der Waals surface area contributed by atoms with E-state index in [0.717, 1.165) is 17.1 Å². The van der Waals surface area contributed by atoms with Crippen molar-refractivity contribution in [1.82, 2.24) is 19.6 Å². The average molecular weight is 273 g/mol. The Hall–Kier alpha value is -1.95. The number of aryl methyl sites for hydroxylation is 1. The maximum absolute atomic E-state index is 4.43. The van der Waals surface area contributed by atoms with E-state index >= 15 is 0 Å². The van der Waals surface area contributed by atoms with Crippen LogP contribution >= 0.6 is 11.3 Å². The predicted molar refractivity (Wildman–Crippen MR) is 76.5 cm³/mol. The Bertz CT molecular complexity index is 654. The van der Waals surface area contributed by atoms with E-state index in [1.54, 1.807) is 15.9 Å². The minimum absolute atomic E-state index is 0.114. The first-order valence-corrected chi connectivity index (χ1v) is 7.10. The van der Waals surface area contributed by atoms with E-state index in [9.17, 15) is 0 Å². The third-order valence-corrected chi connectivity index (χ3v) is 4.20. The summed E-state index contributed by atoms with van der Waals surface area (Å²) in [6.45, 7) is 4.21. The zero-order valence-electron chi connectivity index (χ0n) is 10.9. The smallest absolute Gasteiger partial charge is 0.243 e. The van der Waals surface area contributed by atoms with Crippen molar-refractivity contribution in [1.29, 1.82) is 0 Å². The molecule has 19 heavy (non-hydrogen) atoms. The van der Waals surface area contributed by atoms with Gasteiger partial charge in [0.05, 0.1) is 6.04 Å². The number of aromatic nitrogens is 4. The van der Waals surface area contributed by atoms with E-state index in [-0.39, 0.29) is 6.04 Å². The SMILES string of the molecule is CCc1cnc(C(C)Nc2nc3ccccn3n2)s1. The molecule has 5 nitrogen and oxygen atoms in total. The fraction of sp³-hybridized carbons (Fsp3) is 0.308. The Morgan fingerprint density at radius 3 is 3.05 bits per heavy atom. The number of nitrogens with zero attached hydrogens (tertiary/aromatic N) is 4. The highest BCUT2D eigenvalue weighted by atomic mass is 32.1. The predicted octanol–water partition coefficient (Wildman–Crippen LogP) is 2.92. The van der Waals surface area contributed by atoms with Crippen LogP contribution in [0.25, 0.3) is 5.65 Å². The molecular weight excluding hydrogens is 258 g/mol. The summed E-state index contributed by atoms with van der Waals surface area (Å²) in [5, 5.41) is 8.73.